The molecule has 0 aliphatic carbocycles. The first-order chi connectivity index (χ1) is 11.9. The summed E-state index contributed by atoms with van der Waals surface area (Å²) in [6.07, 6.45) is -2.88. The third kappa shape index (κ3) is 3.63. The molecule has 0 atom stereocenters. The molecule has 25 heavy (non-hydrogen) atoms. The number of halogens is 3. The summed E-state index contributed by atoms with van der Waals surface area (Å²) in [5.41, 5.74) is -0.456. The van der Waals surface area contributed by atoms with Gasteiger partial charge in [-0.2, -0.15) is 18.4 Å². The Morgan fingerprint density at radius 2 is 1.80 bits per heavy atom. The molecule has 0 amide bonds. The number of rotatable bonds is 2. The highest BCUT2D eigenvalue weighted by atomic mass is 19.4. The fraction of sp³-hybridized carbons (Fsp3) is 0.375. The smallest absolute Gasteiger partial charge is 0.353 e. The third-order valence-corrected chi connectivity index (χ3v) is 3.93. The van der Waals surface area contributed by atoms with E-state index in [4.69, 9.17) is 5.26 Å². The van der Waals surface area contributed by atoms with Gasteiger partial charge in [-0.05, 0) is 19.1 Å². The lowest BCUT2D eigenvalue weighted by molar-refractivity contribution is -0.141. The molecule has 2 aromatic rings. The normalized spacial score (nSPS) is 15.2. The van der Waals surface area contributed by atoms with Crippen molar-refractivity contribution in [2.24, 2.45) is 0 Å². The molecule has 1 aliphatic rings. The number of alkyl halides is 3. The van der Waals surface area contributed by atoms with Crippen LogP contribution in [0.5, 0.6) is 0 Å². The fourth-order valence-electron chi connectivity index (χ4n) is 2.74. The molecule has 3 rings (SSSR count). The molecule has 0 spiro atoms. The minimum absolute atomic E-state index is 0.0868. The van der Waals surface area contributed by atoms with Crippen LogP contribution in [0.25, 0.3) is 0 Å². The highest BCUT2D eigenvalue weighted by Crippen LogP contribution is 2.30. The van der Waals surface area contributed by atoms with Crippen LogP contribution < -0.4 is 9.80 Å². The van der Waals surface area contributed by atoms with Crippen LogP contribution >= 0.6 is 0 Å². The molecule has 130 valence electrons. The van der Waals surface area contributed by atoms with Crippen LogP contribution in [-0.2, 0) is 6.18 Å². The quantitative estimate of drug-likeness (QED) is 0.830. The average molecular weight is 348 g/mol. The van der Waals surface area contributed by atoms with Gasteiger partial charge < -0.3 is 9.80 Å². The van der Waals surface area contributed by atoms with Crippen LogP contribution in [0.1, 0.15) is 17.1 Å². The van der Waals surface area contributed by atoms with E-state index >= 15 is 0 Å². The van der Waals surface area contributed by atoms with Gasteiger partial charge in [0.05, 0.1) is 5.56 Å². The maximum absolute atomic E-state index is 12.9. The molecule has 0 unspecified atom stereocenters. The average Bonchev–Trinajstić information content (AvgIpc) is 2.60. The van der Waals surface area contributed by atoms with Gasteiger partial charge in [-0.1, -0.05) is 0 Å². The zero-order valence-corrected chi connectivity index (χ0v) is 13.5. The molecule has 0 saturated carbocycles. The van der Waals surface area contributed by atoms with Crippen molar-refractivity contribution in [1.29, 1.82) is 5.26 Å². The van der Waals surface area contributed by atoms with Crippen LogP contribution in [-0.4, -0.2) is 41.1 Å². The number of aromatic nitrogens is 3. The summed E-state index contributed by atoms with van der Waals surface area (Å²) in [6, 6.07) is 6.47. The van der Waals surface area contributed by atoms with Gasteiger partial charge in [-0.25, -0.2) is 15.0 Å². The van der Waals surface area contributed by atoms with E-state index in [9.17, 15) is 13.2 Å². The molecular formula is C16H15F3N6. The monoisotopic (exact) mass is 348 g/mol. The molecule has 1 saturated heterocycles. The molecule has 9 heteroatoms. The van der Waals surface area contributed by atoms with Crippen molar-refractivity contribution in [1.82, 2.24) is 15.0 Å². The summed E-state index contributed by atoms with van der Waals surface area (Å²) in [5, 5.41) is 9.17. The predicted octanol–water partition coefficient (Wildman–Crippen LogP) is 2.40. The Balaban J connectivity index is 1.77. The number of piperazine rings is 1. The van der Waals surface area contributed by atoms with Crippen molar-refractivity contribution < 1.29 is 13.2 Å². The van der Waals surface area contributed by atoms with Crippen LogP contribution in [0.4, 0.5) is 24.8 Å². The van der Waals surface area contributed by atoms with E-state index in [-0.39, 0.29) is 11.6 Å². The minimum Gasteiger partial charge on any atom is -0.353 e. The standard InChI is InChI=1S/C16H15F3N6/c1-11-22-13(16(17,18)19)9-14(23-11)24-5-7-25(8-6-24)15-12(10-20)3-2-4-21-15/h2-4,9H,5-8H2,1H3. The Morgan fingerprint density at radius 1 is 1.12 bits per heavy atom. The summed E-state index contributed by atoms with van der Waals surface area (Å²) in [7, 11) is 0. The number of nitrogens with zero attached hydrogens (tertiary/aromatic N) is 6. The largest absolute Gasteiger partial charge is 0.433 e. The van der Waals surface area contributed by atoms with Crippen molar-refractivity contribution in [3.8, 4) is 6.07 Å². The first-order valence-corrected chi connectivity index (χ1v) is 7.66. The highest BCUT2D eigenvalue weighted by molar-refractivity contribution is 5.55. The summed E-state index contributed by atoms with van der Waals surface area (Å²) < 4.78 is 38.8. The maximum Gasteiger partial charge on any atom is 0.433 e. The van der Waals surface area contributed by atoms with Gasteiger partial charge in [0, 0.05) is 38.4 Å². The molecule has 1 fully saturated rings. The second-order valence-corrected chi connectivity index (χ2v) is 5.62. The van der Waals surface area contributed by atoms with Gasteiger partial charge in [-0.3, -0.25) is 0 Å². The number of aryl methyl sites for hydroxylation is 1. The van der Waals surface area contributed by atoms with Crippen molar-refractivity contribution >= 4 is 11.6 Å². The zero-order valence-electron chi connectivity index (χ0n) is 13.5. The van der Waals surface area contributed by atoms with Gasteiger partial charge in [0.2, 0.25) is 0 Å². The maximum atomic E-state index is 12.9. The Morgan fingerprint density at radius 3 is 2.44 bits per heavy atom. The van der Waals surface area contributed by atoms with E-state index in [1.165, 1.54) is 6.92 Å². The number of hydrogen-bond donors (Lipinski definition) is 0. The van der Waals surface area contributed by atoms with Crippen molar-refractivity contribution in [2.75, 3.05) is 36.0 Å². The van der Waals surface area contributed by atoms with Crippen LogP contribution in [0.15, 0.2) is 24.4 Å². The molecule has 0 bridgehead atoms. The number of hydrogen-bond acceptors (Lipinski definition) is 6. The van der Waals surface area contributed by atoms with Gasteiger partial charge >= 0.3 is 6.18 Å². The topological polar surface area (TPSA) is 68.9 Å². The first-order valence-electron chi connectivity index (χ1n) is 7.66. The van der Waals surface area contributed by atoms with Crippen molar-refractivity contribution in [3.63, 3.8) is 0 Å². The van der Waals surface area contributed by atoms with Gasteiger partial charge in [0.15, 0.2) is 0 Å². The molecule has 1 aliphatic heterocycles. The number of anilines is 2. The second kappa shape index (κ2) is 6.55. The number of nitriles is 1. The van der Waals surface area contributed by atoms with Gasteiger partial charge in [-0.15, -0.1) is 0 Å². The molecule has 6 nitrogen and oxygen atoms in total. The first kappa shape index (κ1) is 17.0. The van der Waals surface area contributed by atoms with E-state index in [1.54, 1.807) is 23.2 Å². The molecule has 3 heterocycles. The number of pyridine rings is 1. The summed E-state index contributed by atoms with van der Waals surface area (Å²) in [5.74, 6) is 0.948. The van der Waals surface area contributed by atoms with Crippen LogP contribution in [0.2, 0.25) is 0 Å². The predicted molar refractivity (Wildman–Crippen MR) is 85.1 cm³/mol. The second-order valence-electron chi connectivity index (χ2n) is 5.62. The van der Waals surface area contributed by atoms with Crippen LogP contribution in [0.3, 0.4) is 0 Å². The zero-order chi connectivity index (χ0) is 18.0. The Labute approximate surface area is 142 Å². The highest BCUT2D eigenvalue weighted by Gasteiger charge is 2.34. The van der Waals surface area contributed by atoms with Crippen LogP contribution in [0, 0.1) is 18.3 Å². The molecule has 2 aromatic heterocycles. The summed E-state index contributed by atoms with van der Waals surface area (Å²) in [4.78, 5) is 15.6. The van der Waals surface area contributed by atoms with E-state index in [2.05, 4.69) is 21.0 Å². The van der Waals surface area contributed by atoms with Gasteiger partial charge in [0.1, 0.15) is 29.2 Å². The molecule has 0 N–H and O–H groups in total. The van der Waals surface area contributed by atoms with E-state index in [0.717, 1.165) is 6.07 Å². The Hall–Kier alpha value is -2.89. The van der Waals surface area contributed by atoms with Gasteiger partial charge in [0.25, 0.3) is 0 Å². The lowest BCUT2D eigenvalue weighted by atomic mass is 10.2. The molecular weight excluding hydrogens is 333 g/mol. The fourth-order valence-corrected chi connectivity index (χ4v) is 2.74. The lowest BCUT2D eigenvalue weighted by Crippen LogP contribution is -2.47. The SMILES string of the molecule is Cc1nc(N2CCN(c3ncccc3C#N)CC2)cc(C(F)(F)F)n1. The summed E-state index contributed by atoms with van der Waals surface area (Å²) in [6.45, 7) is 3.48. The van der Waals surface area contributed by atoms with Crippen molar-refractivity contribution in [2.45, 2.75) is 13.1 Å². The third-order valence-electron chi connectivity index (χ3n) is 3.93. The lowest BCUT2D eigenvalue weighted by Gasteiger charge is -2.36. The Kier molecular flexibility index (Phi) is 4.44. The van der Waals surface area contributed by atoms with E-state index in [0.29, 0.717) is 37.6 Å². The molecule has 0 aromatic carbocycles. The summed E-state index contributed by atoms with van der Waals surface area (Å²) >= 11 is 0. The Bertz CT molecular complexity index is 806. The van der Waals surface area contributed by atoms with E-state index in [1.807, 2.05) is 4.90 Å². The minimum atomic E-state index is -4.50. The van der Waals surface area contributed by atoms with E-state index < -0.39 is 11.9 Å². The molecule has 0 radical (unpaired) electrons. The van der Waals surface area contributed by atoms with Crippen molar-refractivity contribution in [3.05, 3.63) is 41.5 Å².